The minimum Gasteiger partial charge on any atom is -0.508 e. The van der Waals surface area contributed by atoms with Crippen molar-refractivity contribution in [2.24, 2.45) is 0 Å². The molecule has 1 rings (SSSR count). The Bertz CT molecular complexity index is 419. The lowest BCUT2D eigenvalue weighted by Crippen LogP contribution is -2.49. The topological polar surface area (TPSA) is 49.3 Å². The molecule has 17 heavy (non-hydrogen) atoms. The monoisotopic (exact) mass is 295 g/mol. The van der Waals surface area contributed by atoms with E-state index in [0.29, 0.717) is 0 Å². The fraction of sp³-hybridized carbons (Fsp3) is 0.364. The molecule has 1 amide bonds. The number of rotatable bonds is 4. The Morgan fingerprint density at radius 1 is 1.41 bits per heavy atom. The molecule has 0 bridgehead atoms. The zero-order valence-corrected chi connectivity index (χ0v) is 11.4. The molecule has 1 aromatic carbocycles. The van der Waals surface area contributed by atoms with Crippen LogP contribution in [0.1, 0.15) is 17.3 Å². The maximum atomic E-state index is 11.9. The fourth-order valence-electron chi connectivity index (χ4n) is 1.13. The van der Waals surface area contributed by atoms with Crippen molar-refractivity contribution in [2.45, 2.75) is 12.5 Å². The highest BCUT2D eigenvalue weighted by molar-refractivity contribution is 6.34. The maximum absolute atomic E-state index is 11.9. The number of carbonyl (C=O) groups is 1. The van der Waals surface area contributed by atoms with E-state index >= 15 is 0 Å². The van der Waals surface area contributed by atoms with Crippen LogP contribution in [0, 0.1) is 0 Å². The zero-order chi connectivity index (χ0) is 13.1. The summed E-state index contributed by atoms with van der Waals surface area (Å²) in [6.45, 7) is 1.72. The van der Waals surface area contributed by atoms with Gasteiger partial charge in [0.05, 0.1) is 16.1 Å². The third-order valence-corrected chi connectivity index (χ3v) is 3.71. The summed E-state index contributed by atoms with van der Waals surface area (Å²) in [6, 6.07) is 4.15. The first-order chi connectivity index (χ1) is 7.91. The van der Waals surface area contributed by atoms with Crippen LogP contribution in [-0.4, -0.2) is 28.3 Å². The van der Waals surface area contributed by atoms with Gasteiger partial charge in [-0.1, -0.05) is 11.6 Å². The van der Waals surface area contributed by atoms with E-state index in [9.17, 15) is 9.90 Å². The molecule has 0 atom stereocenters. The molecule has 2 N–H and O–H groups in total. The summed E-state index contributed by atoms with van der Waals surface area (Å²) >= 11 is 17.3. The van der Waals surface area contributed by atoms with Crippen molar-refractivity contribution in [3.05, 3.63) is 28.8 Å². The van der Waals surface area contributed by atoms with Crippen molar-refractivity contribution < 1.29 is 9.90 Å². The summed E-state index contributed by atoms with van der Waals surface area (Å²) in [7, 11) is 0. The van der Waals surface area contributed by atoms with Crippen molar-refractivity contribution in [3.63, 3.8) is 0 Å². The van der Waals surface area contributed by atoms with E-state index in [-0.39, 0.29) is 28.1 Å². The zero-order valence-electron chi connectivity index (χ0n) is 9.14. The Morgan fingerprint density at radius 3 is 2.53 bits per heavy atom. The summed E-state index contributed by atoms with van der Waals surface area (Å²) in [5, 5.41) is 12.2. The molecule has 94 valence electrons. The molecule has 1 aromatic rings. The Morgan fingerprint density at radius 2 is 2.00 bits per heavy atom. The number of nitrogens with one attached hydrogen (secondary N) is 1. The molecule has 6 heteroatoms. The van der Waals surface area contributed by atoms with E-state index in [1.165, 1.54) is 18.2 Å². The number of halogens is 3. The van der Waals surface area contributed by atoms with Gasteiger partial charge in [-0.05, 0) is 25.1 Å². The van der Waals surface area contributed by atoms with Crippen LogP contribution < -0.4 is 5.32 Å². The lowest BCUT2D eigenvalue weighted by molar-refractivity contribution is 0.0921. The molecule has 0 fully saturated rings. The molecule has 0 unspecified atom stereocenters. The highest BCUT2D eigenvalue weighted by atomic mass is 35.5. The second kappa shape index (κ2) is 5.80. The Kier molecular flexibility index (Phi) is 4.92. The molecule has 3 nitrogen and oxygen atoms in total. The molecule has 0 saturated carbocycles. The van der Waals surface area contributed by atoms with Crippen molar-refractivity contribution in [1.82, 2.24) is 5.32 Å². The molecule has 0 heterocycles. The molecule has 0 spiro atoms. The number of benzene rings is 1. The number of phenolic OH excluding ortho intramolecular Hbond substituents is 1. The normalized spacial score (nSPS) is 11.3. The van der Waals surface area contributed by atoms with Gasteiger partial charge in [0.2, 0.25) is 0 Å². The van der Waals surface area contributed by atoms with Crippen LogP contribution in [-0.2, 0) is 0 Å². The summed E-state index contributed by atoms with van der Waals surface area (Å²) in [5.74, 6) is -0.0927. The average Bonchev–Trinajstić information content (AvgIpc) is 2.32. The van der Waals surface area contributed by atoms with Crippen LogP contribution in [0.2, 0.25) is 5.02 Å². The SMILES string of the molecule is CC(CCl)(CCl)NC(=O)c1cc(O)ccc1Cl. The quantitative estimate of drug-likeness (QED) is 0.839. The van der Waals surface area contributed by atoms with Gasteiger partial charge in [0.15, 0.2) is 0 Å². The Labute approximate surface area is 115 Å². The van der Waals surface area contributed by atoms with E-state index in [1.807, 2.05) is 0 Å². The first-order valence-corrected chi connectivity index (χ1v) is 6.29. The minimum atomic E-state index is -0.713. The second-order valence-corrected chi connectivity index (χ2v) is 4.89. The van der Waals surface area contributed by atoms with Gasteiger partial charge in [-0.15, -0.1) is 23.2 Å². The average molecular weight is 297 g/mol. The summed E-state index contributed by atoms with van der Waals surface area (Å²) < 4.78 is 0. The van der Waals surface area contributed by atoms with Gasteiger partial charge < -0.3 is 10.4 Å². The van der Waals surface area contributed by atoms with E-state index in [2.05, 4.69) is 5.32 Å². The minimum absolute atomic E-state index is 0.0296. The summed E-state index contributed by atoms with van der Waals surface area (Å²) in [5.41, 5.74) is -0.525. The van der Waals surface area contributed by atoms with E-state index < -0.39 is 11.4 Å². The van der Waals surface area contributed by atoms with Crippen LogP contribution in [0.3, 0.4) is 0 Å². The van der Waals surface area contributed by atoms with Gasteiger partial charge in [-0.3, -0.25) is 4.79 Å². The standard InChI is InChI=1S/C11H12Cl3NO2/c1-11(5-12,6-13)15-10(17)8-4-7(16)2-3-9(8)14/h2-4,16H,5-6H2,1H3,(H,15,17). The molecule has 0 saturated heterocycles. The van der Waals surface area contributed by atoms with Crippen LogP contribution >= 0.6 is 34.8 Å². The highest BCUT2D eigenvalue weighted by Gasteiger charge is 2.25. The number of alkyl halides is 2. The lowest BCUT2D eigenvalue weighted by atomic mass is 10.1. The van der Waals surface area contributed by atoms with Crippen molar-refractivity contribution >= 4 is 40.7 Å². The van der Waals surface area contributed by atoms with E-state index in [4.69, 9.17) is 34.8 Å². The van der Waals surface area contributed by atoms with Gasteiger partial charge in [-0.25, -0.2) is 0 Å². The first kappa shape index (κ1) is 14.4. The lowest BCUT2D eigenvalue weighted by Gasteiger charge is -2.26. The van der Waals surface area contributed by atoms with Gasteiger partial charge in [0.1, 0.15) is 5.75 Å². The smallest absolute Gasteiger partial charge is 0.253 e. The number of phenols is 1. The van der Waals surface area contributed by atoms with Gasteiger partial charge in [0.25, 0.3) is 5.91 Å². The van der Waals surface area contributed by atoms with Crippen molar-refractivity contribution in [2.75, 3.05) is 11.8 Å². The molecule has 0 aliphatic rings. The number of hydrogen-bond acceptors (Lipinski definition) is 2. The Hall–Kier alpha value is -0.640. The van der Waals surface area contributed by atoms with Crippen LogP contribution in [0.4, 0.5) is 0 Å². The van der Waals surface area contributed by atoms with Gasteiger partial charge in [-0.2, -0.15) is 0 Å². The number of amides is 1. The predicted molar refractivity (Wildman–Crippen MR) is 70.4 cm³/mol. The maximum Gasteiger partial charge on any atom is 0.253 e. The molecular weight excluding hydrogens is 284 g/mol. The highest BCUT2D eigenvalue weighted by Crippen LogP contribution is 2.22. The largest absolute Gasteiger partial charge is 0.508 e. The third kappa shape index (κ3) is 3.66. The number of hydrogen-bond donors (Lipinski definition) is 2. The van der Waals surface area contributed by atoms with E-state index in [1.54, 1.807) is 6.92 Å². The van der Waals surface area contributed by atoms with Crippen LogP contribution in [0.15, 0.2) is 18.2 Å². The van der Waals surface area contributed by atoms with Gasteiger partial charge >= 0.3 is 0 Å². The van der Waals surface area contributed by atoms with Crippen molar-refractivity contribution in [1.29, 1.82) is 0 Å². The second-order valence-electron chi connectivity index (χ2n) is 3.95. The van der Waals surface area contributed by atoms with Crippen LogP contribution in [0.25, 0.3) is 0 Å². The number of aromatic hydroxyl groups is 1. The van der Waals surface area contributed by atoms with Gasteiger partial charge in [0, 0.05) is 11.8 Å². The number of carbonyl (C=O) groups excluding carboxylic acids is 1. The van der Waals surface area contributed by atoms with Crippen LogP contribution in [0.5, 0.6) is 5.75 Å². The summed E-state index contributed by atoms with van der Waals surface area (Å²) in [4.78, 5) is 11.9. The third-order valence-electron chi connectivity index (χ3n) is 2.20. The molecular formula is C11H12Cl3NO2. The Balaban J connectivity index is 2.94. The first-order valence-electron chi connectivity index (χ1n) is 4.85. The summed E-state index contributed by atoms with van der Waals surface area (Å²) in [6.07, 6.45) is 0. The predicted octanol–water partition coefficient (Wildman–Crippen LogP) is 3.01. The molecule has 0 aromatic heterocycles. The van der Waals surface area contributed by atoms with Crippen molar-refractivity contribution in [3.8, 4) is 5.75 Å². The fourth-order valence-corrected chi connectivity index (χ4v) is 1.75. The van der Waals surface area contributed by atoms with E-state index in [0.717, 1.165) is 0 Å². The molecule has 0 aliphatic heterocycles. The molecule has 0 aliphatic carbocycles. The molecule has 0 radical (unpaired) electrons.